The van der Waals surface area contributed by atoms with Crippen LogP contribution in [0.15, 0.2) is 42.5 Å². The molecule has 1 aliphatic carbocycles. The Bertz CT molecular complexity index is 651. The van der Waals surface area contributed by atoms with Gasteiger partial charge in [-0.15, -0.1) is 0 Å². The van der Waals surface area contributed by atoms with E-state index in [1.807, 2.05) is 36.4 Å². The molecule has 1 N–H and O–H groups in total. The average Bonchev–Trinajstić information content (AvgIpc) is 2.84. The van der Waals surface area contributed by atoms with Gasteiger partial charge < -0.3 is 14.6 Å². The van der Waals surface area contributed by atoms with Crippen molar-refractivity contribution in [2.75, 3.05) is 14.2 Å². The van der Waals surface area contributed by atoms with Crippen LogP contribution in [0.1, 0.15) is 23.1 Å². The summed E-state index contributed by atoms with van der Waals surface area (Å²) in [5, 5.41) is 11.1. The van der Waals surface area contributed by atoms with Crippen LogP contribution in [0.25, 0.3) is 0 Å². The number of methoxy groups -OCH3 is 2. The second-order valence-corrected chi connectivity index (χ2v) is 5.58. The van der Waals surface area contributed by atoms with Crippen LogP contribution in [-0.2, 0) is 18.4 Å². The minimum atomic E-state index is -0.823. The molecule has 3 nitrogen and oxygen atoms in total. The van der Waals surface area contributed by atoms with Gasteiger partial charge in [0.25, 0.3) is 0 Å². The summed E-state index contributed by atoms with van der Waals surface area (Å²) in [6.07, 6.45) is 2.23. The summed E-state index contributed by atoms with van der Waals surface area (Å²) < 4.78 is 10.5. The summed E-state index contributed by atoms with van der Waals surface area (Å²) in [5.74, 6) is 1.61. The van der Waals surface area contributed by atoms with E-state index in [0.29, 0.717) is 6.42 Å². The fourth-order valence-corrected chi connectivity index (χ4v) is 3.11. The van der Waals surface area contributed by atoms with Gasteiger partial charge in [-0.3, -0.25) is 0 Å². The summed E-state index contributed by atoms with van der Waals surface area (Å²) in [5.41, 5.74) is 2.45. The van der Waals surface area contributed by atoms with Crippen LogP contribution in [0.5, 0.6) is 11.5 Å². The van der Waals surface area contributed by atoms with Crippen LogP contribution in [0.4, 0.5) is 0 Å². The Balaban J connectivity index is 1.92. The van der Waals surface area contributed by atoms with Crippen LogP contribution >= 0.6 is 0 Å². The molecule has 0 fully saturated rings. The lowest BCUT2D eigenvalue weighted by Gasteiger charge is -2.24. The average molecular weight is 284 g/mol. The smallest absolute Gasteiger partial charge is 0.119 e. The molecule has 110 valence electrons. The van der Waals surface area contributed by atoms with Crippen molar-refractivity contribution in [3.8, 4) is 11.5 Å². The number of rotatable bonds is 4. The lowest BCUT2D eigenvalue weighted by Crippen LogP contribution is -2.25. The molecule has 0 heterocycles. The lowest BCUT2D eigenvalue weighted by molar-refractivity contribution is 0.0387. The molecule has 0 radical (unpaired) electrons. The molecule has 0 saturated carbocycles. The van der Waals surface area contributed by atoms with Crippen molar-refractivity contribution < 1.29 is 14.6 Å². The van der Waals surface area contributed by atoms with Gasteiger partial charge in [0, 0.05) is 6.42 Å². The normalized spacial score (nSPS) is 20.1. The van der Waals surface area contributed by atoms with Gasteiger partial charge in [0.05, 0.1) is 19.8 Å². The molecule has 1 atom stereocenters. The molecule has 3 heteroatoms. The maximum absolute atomic E-state index is 11.1. The topological polar surface area (TPSA) is 38.7 Å². The lowest BCUT2D eigenvalue weighted by atomic mass is 9.88. The van der Waals surface area contributed by atoms with Crippen LogP contribution in [0.3, 0.4) is 0 Å². The van der Waals surface area contributed by atoms with Crippen LogP contribution in [0.2, 0.25) is 0 Å². The maximum atomic E-state index is 11.1. The molecular weight excluding hydrogens is 264 g/mol. The highest BCUT2D eigenvalue weighted by molar-refractivity contribution is 5.44. The summed E-state index contributed by atoms with van der Waals surface area (Å²) >= 11 is 0. The SMILES string of the molecule is COc1cccc(CC2(O)CCc3ccc(OC)cc32)c1. The van der Waals surface area contributed by atoms with E-state index in [2.05, 4.69) is 6.07 Å². The number of benzene rings is 2. The standard InChI is InChI=1S/C18H20O3/c1-20-15-5-3-4-13(10-15)12-18(19)9-8-14-6-7-16(21-2)11-17(14)18/h3-7,10-11,19H,8-9,12H2,1-2H3. The second kappa shape index (κ2) is 5.41. The first kappa shape index (κ1) is 14.0. The Hall–Kier alpha value is -2.00. The Labute approximate surface area is 125 Å². The summed E-state index contributed by atoms with van der Waals surface area (Å²) in [4.78, 5) is 0. The number of aryl methyl sites for hydroxylation is 1. The van der Waals surface area contributed by atoms with E-state index in [9.17, 15) is 5.11 Å². The minimum absolute atomic E-state index is 0.588. The third kappa shape index (κ3) is 2.61. The fourth-order valence-electron chi connectivity index (χ4n) is 3.11. The van der Waals surface area contributed by atoms with E-state index < -0.39 is 5.60 Å². The summed E-state index contributed by atoms with van der Waals surface area (Å²) in [7, 11) is 3.31. The number of ether oxygens (including phenoxy) is 2. The van der Waals surface area contributed by atoms with Crippen LogP contribution in [-0.4, -0.2) is 19.3 Å². The quantitative estimate of drug-likeness (QED) is 0.937. The molecule has 2 aromatic carbocycles. The van der Waals surface area contributed by atoms with E-state index in [0.717, 1.165) is 35.5 Å². The largest absolute Gasteiger partial charge is 0.497 e. The van der Waals surface area contributed by atoms with Gasteiger partial charge in [-0.2, -0.15) is 0 Å². The van der Waals surface area contributed by atoms with Gasteiger partial charge >= 0.3 is 0 Å². The molecule has 3 rings (SSSR count). The van der Waals surface area contributed by atoms with Gasteiger partial charge in [-0.05, 0) is 53.8 Å². The molecule has 0 aromatic heterocycles. The van der Waals surface area contributed by atoms with Crippen molar-refractivity contribution in [2.24, 2.45) is 0 Å². The monoisotopic (exact) mass is 284 g/mol. The molecule has 0 spiro atoms. The number of aliphatic hydroxyl groups is 1. The van der Waals surface area contributed by atoms with Gasteiger partial charge in [0.1, 0.15) is 11.5 Å². The molecule has 0 bridgehead atoms. The van der Waals surface area contributed by atoms with Crippen LogP contribution in [0, 0.1) is 0 Å². The van der Waals surface area contributed by atoms with E-state index in [4.69, 9.17) is 9.47 Å². The Morgan fingerprint density at radius 1 is 1.05 bits per heavy atom. The van der Waals surface area contributed by atoms with Gasteiger partial charge in [-0.1, -0.05) is 18.2 Å². The van der Waals surface area contributed by atoms with Crippen molar-refractivity contribution in [3.63, 3.8) is 0 Å². The van der Waals surface area contributed by atoms with Crippen molar-refractivity contribution in [1.82, 2.24) is 0 Å². The summed E-state index contributed by atoms with van der Waals surface area (Å²) in [6, 6.07) is 13.9. The third-order valence-corrected chi connectivity index (χ3v) is 4.26. The van der Waals surface area contributed by atoms with Crippen molar-refractivity contribution in [1.29, 1.82) is 0 Å². The highest BCUT2D eigenvalue weighted by Gasteiger charge is 2.37. The predicted octanol–water partition coefficient (Wildman–Crippen LogP) is 3.08. The van der Waals surface area contributed by atoms with E-state index in [1.54, 1.807) is 14.2 Å². The molecule has 2 aromatic rings. The molecule has 1 unspecified atom stereocenters. The first-order chi connectivity index (χ1) is 10.1. The van der Waals surface area contributed by atoms with E-state index in [1.165, 1.54) is 5.56 Å². The van der Waals surface area contributed by atoms with Gasteiger partial charge in [-0.25, -0.2) is 0 Å². The zero-order valence-corrected chi connectivity index (χ0v) is 12.4. The van der Waals surface area contributed by atoms with Crippen molar-refractivity contribution in [3.05, 3.63) is 59.2 Å². The van der Waals surface area contributed by atoms with Gasteiger partial charge in [0.2, 0.25) is 0 Å². The Kier molecular flexibility index (Phi) is 3.60. The second-order valence-electron chi connectivity index (χ2n) is 5.58. The zero-order chi connectivity index (χ0) is 14.9. The first-order valence-electron chi connectivity index (χ1n) is 7.17. The third-order valence-electron chi connectivity index (χ3n) is 4.26. The summed E-state index contributed by atoms with van der Waals surface area (Å²) in [6.45, 7) is 0. The molecule has 0 saturated heterocycles. The maximum Gasteiger partial charge on any atom is 0.119 e. The van der Waals surface area contributed by atoms with Gasteiger partial charge in [0.15, 0.2) is 0 Å². The molecule has 1 aliphatic rings. The first-order valence-corrected chi connectivity index (χ1v) is 7.17. The number of hydrogen-bond acceptors (Lipinski definition) is 3. The van der Waals surface area contributed by atoms with E-state index >= 15 is 0 Å². The minimum Gasteiger partial charge on any atom is -0.497 e. The predicted molar refractivity (Wildman–Crippen MR) is 81.9 cm³/mol. The fraction of sp³-hybridized carbons (Fsp3) is 0.333. The highest BCUT2D eigenvalue weighted by Crippen LogP contribution is 2.41. The van der Waals surface area contributed by atoms with E-state index in [-0.39, 0.29) is 0 Å². The molecule has 0 amide bonds. The molecule has 0 aliphatic heterocycles. The number of fused-ring (bicyclic) bond motifs is 1. The van der Waals surface area contributed by atoms with Crippen molar-refractivity contribution >= 4 is 0 Å². The Morgan fingerprint density at radius 3 is 2.57 bits per heavy atom. The Morgan fingerprint density at radius 2 is 1.81 bits per heavy atom. The highest BCUT2D eigenvalue weighted by atomic mass is 16.5. The zero-order valence-electron chi connectivity index (χ0n) is 12.4. The number of hydrogen-bond donors (Lipinski definition) is 1. The van der Waals surface area contributed by atoms with Crippen LogP contribution < -0.4 is 9.47 Å². The molecular formula is C18H20O3. The van der Waals surface area contributed by atoms with Crippen molar-refractivity contribution in [2.45, 2.75) is 24.9 Å². The molecule has 21 heavy (non-hydrogen) atoms.